The van der Waals surface area contributed by atoms with Crippen molar-refractivity contribution in [2.24, 2.45) is 0 Å². The molecular weight excluding hydrogens is 259 g/mol. The fraction of sp³-hybridized carbons (Fsp3) is 0. The van der Waals surface area contributed by atoms with E-state index in [2.05, 4.69) is 13.2 Å². The van der Waals surface area contributed by atoms with Crippen molar-refractivity contribution in [3.63, 3.8) is 0 Å². The highest BCUT2D eigenvalue weighted by atomic mass is 16.4. The molecule has 0 aliphatic rings. The Labute approximate surface area is 125 Å². The summed E-state index contributed by atoms with van der Waals surface area (Å²) in [5.74, 6) is 0. The van der Waals surface area contributed by atoms with Gasteiger partial charge in [0.1, 0.15) is 0 Å². The average Bonchev–Trinajstić information content (AvgIpc) is 2.53. The second-order valence-electron chi connectivity index (χ2n) is 4.63. The van der Waals surface area contributed by atoms with E-state index in [0.717, 1.165) is 22.3 Å². The number of hydrogen-bond donors (Lipinski definition) is 2. The first-order valence-corrected chi connectivity index (χ1v) is 6.67. The lowest BCUT2D eigenvalue weighted by Crippen LogP contribution is -2.29. The van der Waals surface area contributed by atoms with Crippen LogP contribution in [0.5, 0.6) is 0 Å². The van der Waals surface area contributed by atoms with Gasteiger partial charge in [0, 0.05) is 0 Å². The predicted molar refractivity (Wildman–Crippen MR) is 90.1 cm³/mol. The molecule has 0 aliphatic carbocycles. The summed E-state index contributed by atoms with van der Waals surface area (Å²) in [7, 11) is -1.43. The van der Waals surface area contributed by atoms with Gasteiger partial charge in [0.15, 0.2) is 0 Å². The molecule has 0 unspecified atom stereocenters. The van der Waals surface area contributed by atoms with Gasteiger partial charge >= 0.3 is 7.12 Å². The number of benzene rings is 2. The van der Waals surface area contributed by atoms with Crippen LogP contribution in [0.1, 0.15) is 5.56 Å². The van der Waals surface area contributed by atoms with Crippen LogP contribution in [-0.4, -0.2) is 17.2 Å². The van der Waals surface area contributed by atoms with E-state index < -0.39 is 7.12 Å². The van der Waals surface area contributed by atoms with Crippen LogP contribution in [0.3, 0.4) is 0 Å². The Bertz CT molecular complexity index is 653. The molecule has 2 N–H and O–H groups in total. The van der Waals surface area contributed by atoms with Gasteiger partial charge in [-0.3, -0.25) is 0 Å². The Morgan fingerprint density at radius 3 is 1.81 bits per heavy atom. The summed E-state index contributed by atoms with van der Waals surface area (Å²) in [4.78, 5) is 0. The van der Waals surface area contributed by atoms with E-state index in [4.69, 9.17) is 10.0 Å². The molecule has 104 valence electrons. The van der Waals surface area contributed by atoms with Gasteiger partial charge in [-0.15, -0.1) is 0 Å². The first-order valence-electron chi connectivity index (χ1n) is 6.67. The summed E-state index contributed by atoms with van der Waals surface area (Å²) in [6.07, 6.45) is 5.46. The summed E-state index contributed by atoms with van der Waals surface area (Å²) >= 11 is 0. The van der Waals surface area contributed by atoms with Crippen molar-refractivity contribution in [2.75, 3.05) is 0 Å². The predicted octanol–water partition coefficient (Wildman–Crippen LogP) is 2.79. The molecule has 0 spiro atoms. The molecule has 0 aliphatic heterocycles. The second kappa shape index (κ2) is 6.89. The highest BCUT2D eigenvalue weighted by molar-refractivity contribution is 6.58. The molecule has 0 bridgehead atoms. The summed E-state index contributed by atoms with van der Waals surface area (Å²) in [6, 6.07) is 15.3. The minimum Gasteiger partial charge on any atom is -0.423 e. The molecule has 21 heavy (non-hydrogen) atoms. The standard InChI is InChI=1S/C18H17BO2/c1-3-5-14(4-2)15-6-8-16(9-7-15)17-10-12-18(13-11-17)19(20)21/h3-13,20-21H,1-2H2/b14-5+. The molecule has 2 nitrogen and oxygen atoms in total. The molecule has 0 atom stereocenters. The molecule has 0 amide bonds. The molecule has 0 saturated heterocycles. The third-order valence-corrected chi connectivity index (χ3v) is 3.28. The van der Waals surface area contributed by atoms with E-state index in [-0.39, 0.29) is 0 Å². The topological polar surface area (TPSA) is 40.5 Å². The minimum atomic E-state index is -1.43. The largest absolute Gasteiger partial charge is 0.488 e. The van der Waals surface area contributed by atoms with Gasteiger partial charge in [0.25, 0.3) is 0 Å². The van der Waals surface area contributed by atoms with Crippen molar-refractivity contribution in [1.82, 2.24) is 0 Å². The summed E-state index contributed by atoms with van der Waals surface area (Å²) in [5, 5.41) is 18.2. The first kappa shape index (κ1) is 15.0. The normalized spacial score (nSPS) is 11.0. The van der Waals surface area contributed by atoms with Crippen molar-refractivity contribution in [3.8, 4) is 11.1 Å². The Morgan fingerprint density at radius 2 is 1.38 bits per heavy atom. The van der Waals surface area contributed by atoms with Gasteiger partial charge in [-0.25, -0.2) is 0 Å². The van der Waals surface area contributed by atoms with Crippen LogP contribution in [0.2, 0.25) is 0 Å². The van der Waals surface area contributed by atoms with Gasteiger partial charge in [0.05, 0.1) is 0 Å². The Kier molecular flexibility index (Phi) is 4.93. The number of rotatable bonds is 5. The Hall–Kier alpha value is -2.36. The van der Waals surface area contributed by atoms with Crippen molar-refractivity contribution < 1.29 is 10.0 Å². The molecule has 0 fully saturated rings. The zero-order valence-corrected chi connectivity index (χ0v) is 11.7. The van der Waals surface area contributed by atoms with E-state index >= 15 is 0 Å². The van der Waals surface area contributed by atoms with E-state index in [0.29, 0.717) is 5.46 Å². The lowest BCUT2D eigenvalue weighted by molar-refractivity contribution is 0.426. The van der Waals surface area contributed by atoms with Crippen LogP contribution in [0.15, 0.2) is 79.9 Å². The van der Waals surface area contributed by atoms with Crippen molar-refractivity contribution in [1.29, 1.82) is 0 Å². The maximum absolute atomic E-state index is 9.09. The monoisotopic (exact) mass is 276 g/mol. The lowest BCUT2D eigenvalue weighted by Gasteiger charge is -2.06. The SMILES string of the molecule is C=C/C=C(\C=C)c1ccc(-c2ccc(B(O)O)cc2)cc1. The Balaban J connectivity index is 2.28. The molecule has 2 rings (SSSR count). The van der Waals surface area contributed by atoms with Crippen LogP contribution in [0.25, 0.3) is 16.7 Å². The van der Waals surface area contributed by atoms with Crippen LogP contribution in [-0.2, 0) is 0 Å². The van der Waals surface area contributed by atoms with Gasteiger partial charge in [-0.2, -0.15) is 0 Å². The van der Waals surface area contributed by atoms with Crippen molar-refractivity contribution >= 4 is 18.2 Å². The lowest BCUT2D eigenvalue weighted by atomic mass is 9.80. The summed E-state index contributed by atoms with van der Waals surface area (Å²) in [6.45, 7) is 7.50. The van der Waals surface area contributed by atoms with Gasteiger partial charge < -0.3 is 10.0 Å². The molecule has 2 aromatic rings. The van der Waals surface area contributed by atoms with Gasteiger partial charge in [-0.1, -0.05) is 79.9 Å². The number of hydrogen-bond acceptors (Lipinski definition) is 2. The van der Waals surface area contributed by atoms with Crippen LogP contribution >= 0.6 is 0 Å². The first-order chi connectivity index (χ1) is 10.2. The fourth-order valence-electron chi connectivity index (χ4n) is 2.11. The second-order valence-corrected chi connectivity index (χ2v) is 4.63. The van der Waals surface area contributed by atoms with Crippen LogP contribution in [0, 0.1) is 0 Å². The summed E-state index contributed by atoms with van der Waals surface area (Å²) < 4.78 is 0. The fourth-order valence-corrected chi connectivity index (χ4v) is 2.11. The van der Waals surface area contributed by atoms with Crippen molar-refractivity contribution in [2.45, 2.75) is 0 Å². The zero-order chi connectivity index (χ0) is 15.2. The Morgan fingerprint density at radius 1 is 0.857 bits per heavy atom. The van der Waals surface area contributed by atoms with E-state index in [9.17, 15) is 0 Å². The highest BCUT2D eigenvalue weighted by Crippen LogP contribution is 2.22. The molecule has 2 aromatic carbocycles. The minimum absolute atomic E-state index is 0.484. The average molecular weight is 276 g/mol. The highest BCUT2D eigenvalue weighted by Gasteiger charge is 2.10. The smallest absolute Gasteiger partial charge is 0.423 e. The van der Waals surface area contributed by atoms with Gasteiger partial charge in [0.2, 0.25) is 0 Å². The molecule has 0 aromatic heterocycles. The van der Waals surface area contributed by atoms with Gasteiger partial charge in [-0.05, 0) is 27.7 Å². The van der Waals surface area contributed by atoms with E-state index in [1.807, 2.05) is 42.5 Å². The molecule has 0 saturated carbocycles. The number of allylic oxidation sites excluding steroid dienone is 4. The van der Waals surface area contributed by atoms with Crippen LogP contribution in [0.4, 0.5) is 0 Å². The zero-order valence-electron chi connectivity index (χ0n) is 11.7. The van der Waals surface area contributed by atoms with Crippen molar-refractivity contribution in [3.05, 3.63) is 85.5 Å². The third kappa shape index (κ3) is 3.60. The molecular formula is C18H17BO2. The maximum atomic E-state index is 9.09. The summed E-state index contributed by atoms with van der Waals surface area (Å²) in [5.41, 5.74) is 4.68. The molecule has 0 radical (unpaired) electrons. The molecule has 3 heteroatoms. The molecule has 0 heterocycles. The van der Waals surface area contributed by atoms with E-state index in [1.165, 1.54) is 0 Å². The maximum Gasteiger partial charge on any atom is 0.488 e. The third-order valence-electron chi connectivity index (χ3n) is 3.28. The quantitative estimate of drug-likeness (QED) is 0.651. The van der Waals surface area contributed by atoms with Crippen LogP contribution < -0.4 is 5.46 Å². The van der Waals surface area contributed by atoms with E-state index in [1.54, 1.807) is 24.3 Å².